The summed E-state index contributed by atoms with van der Waals surface area (Å²) in [7, 11) is 4.25. The second kappa shape index (κ2) is 7.33. The number of thiazole rings is 1. The Morgan fingerprint density at radius 2 is 2.14 bits per heavy atom. The summed E-state index contributed by atoms with van der Waals surface area (Å²) in [4.78, 5) is 21.2. The van der Waals surface area contributed by atoms with E-state index in [0.717, 1.165) is 48.7 Å². The van der Waals surface area contributed by atoms with Crippen LogP contribution >= 0.6 is 11.3 Å². The maximum absolute atomic E-state index is 11.4. The molecule has 118 valence electrons. The second-order valence-electron chi connectivity index (χ2n) is 5.88. The van der Waals surface area contributed by atoms with Gasteiger partial charge >= 0.3 is 5.97 Å². The Kier molecular flexibility index (Phi) is 5.72. The lowest BCUT2D eigenvalue weighted by Crippen LogP contribution is -2.41. The van der Waals surface area contributed by atoms with Crippen LogP contribution in [0.5, 0.6) is 0 Å². The molecular weight excluding hydrogens is 286 g/mol. The predicted molar refractivity (Wildman–Crippen MR) is 85.1 cm³/mol. The lowest BCUT2D eigenvalue weighted by Gasteiger charge is -2.34. The molecule has 1 fully saturated rings. The van der Waals surface area contributed by atoms with Crippen molar-refractivity contribution in [1.29, 1.82) is 0 Å². The molecule has 0 saturated carbocycles. The number of aromatic nitrogens is 1. The molecule has 1 aromatic heterocycles. The summed E-state index contributed by atoms with van der Waals surface area (Å²) in [6.07, 6.45) is 4.16. The minimum Gasteiger partial charge on any atom is -0.476 e. The SMILES string of the molecule is CCCc1nc(C(=O)O)c(CN(C)C2CCN(C)CC2)s1. The van der Waals surface area contributed by atoms with Gasteiger partial charge in [-0.1, -0.05) is 6.92 Å². The molecular formula is C15H25N3O2S. The highest BCUT2D eigenvalue weighted by atomic mass is 32.1. The maximum Gasteiger partial charge on any atom is 0.355 e. The third kappa shape index (κ3) is 4.25. The van der Waals surface area contributed by atoms with Crippen LogP contribution < -0.4 is 0 Å². The molecule has 0 aliphatic carbocycles. The molecule has 0 radical (unpaired) electrons. The van der Waals surface area contributed by atoms with Crippen LogP contribution in [0.15, 0.2) is 0 Å². The zero-order valence-corrected chi connectivity index (χ0v) is 13.9. The van der Waals surface area contributed by atoms with Crippen molar-refractivity contribution in [1.82, 2.24) is 14.8 Å². The number of aromatic carboxylic acids is 1. The van der Waals surface area contributed by atoms with Gasteiger partial charge in [-0.05, 0) is 52.9 Å². The molecule has 6 heteroatoms. The zero-order valence-electron chi connectivity index (χ0n) is 13.1. The van der Waals surface area contributed by atoms with E-state index in [9.17, 15) is 9.90 Å². The molecule has 0 bridgehead atoms. The Morgan fingerprint density at radius 3 is 2.71 bits per heavy atom. The Bertz CT molecular complexity index is 481. The minimum atomic E-state index is -0.902. The standard InChI is InChI=1S/C15H25N3O2S/c1-4-5-13-16-14(15(19)20)12(21-13)10-18(3)11-6-8-17(2)9-7-11/h11H,4-10H2,1-3H3,(H,19,20). The number of likely N-dealkylation sites (tertiary alicyclic amines) is 1. The third-order valence-corrected chi connectivity index (χ3v) is 5.21. The Morgan fingerprint density at radius 1 is 1.48 bits per heavy atom. The fourth-order valence-electron chi connectivity index (χ4n) is 2.79. The summed E-state index contributed by atoms with van der Waals surface area (Å²) in [5, 5.41) is 10.3. The molecule has 1 saturated heterocycles. The fraction of sp³-hybridized carbons (Fsp3) is 0.733. The van der Waals surface area contributed by atoms with Crippen molar-refractivity contribution in [3.05, 3.63) is 15.6 Å². The Balaban J connectivity index is 2.05. The van der Waals surface area contributed by atoms with E-state index in [0.29, 0.717) is 12.6 Å². The smallest absolute Gasteiger partial charge is 0.355 e. The van der Waals surface area contributed by atoms with Gasteiger partial charge in [0.2, 0.25) is 0 Å². The average Bonchev–Trinajstić information content (AvgIpc) is 2.83. The number of aryl methyl sites for hydroxylation is 1. The first kappa shape index (κ1) is 16.4. The lowest BCUT2D eigenvalue weighted by molar-refractivity contribution is 0.0687. The van der Waals surface area contributed by atoms with E-state index in [1.807, 2.05) is 0 Å². The number of rotatable bonds is 6. The van der Waals surface area contributed by atoms with Gasteiger partial charge in [-0.2, -0.15) is 0 Å². The highest BCUT2D eigenvalue weighted by Gasteiger charge is 2.24. The molecule has 1 aliphatic rings. The van der Waals surface area contributed by atoms with Gasteiger partial charge in [0.1, 0.15) is 0 Å². The molecule has 1 aromatic rings. The van der Waals surface area contributed by atoms with Gasteiger partial charge in [-0.25, -0.2) is 9.78 Å². The summed E-state index contributed by atoms with van der Waals surface area (Å²) < 4.78 is 0. The van der Waals surface area contributed by atoms with Crippen LogP contribution in [0, 0.1) is 0 Å². The first-order chi connectivity index (χ1) is 10.0. The molecule has 2 rings (SSSR count). The van der Waals surface area contributed by atoms with E-state index in [2.05, 4.69) is 35.8 Å². The number of carboxylic acids is 1. The first-order valence-corrected chi connectivity index (χ1v) is 8.43. The summed E-state index contributed by atoms with van der Waals surface area (Å²) >= 11 is 1.56. The maximum atomic E-state index is 11.4. The molecule has 2 heterocycles. The number of nitrogens with zero attached hydrogens (tertiary/aromatic N) is 3. The van der Waals surface area contributed by atoms with Crippen molar-refractivity contribution in [3.63, 3.8) is 0 Å². The number of hydrogen-bond acceptors (Lipinski definition) is 5. The lowest BCUT2D eigenvalue weighted by atomic mass is 10.0. The number of hydrogen-bond donors (Lipinski definition) is 1. The van der Waals surface area contributed by atoms with E-state index in [1.54, 1.807) is 11.3 Å². The molecule has 0 spiro atoms. The highest BCUT2D eigenvalue weighted by Crippen LogP contribution is 2.24. The molecule has 0 unspecified atom stereocenters. The van der Waals surface area contributed by atoms with Crippen molar-refractivity contribution in [2.24, 2.45) is 0 Å². The van der Waals surface area contributed by atoms with Gasteiger partial charge < -0.3 is 10.0 Å². The molecule has 0 atom stereocenters. The summed E-state index contributed by atoms with van der Waals surface area (Å²) in [5.41, 5.74) is 0.253. The Hall–Kier alpha value is -0.980. The van der Waals surface area contributed by atoms with Gasteiger partial charge in [0.15, 0.2) is 5.69 Å². The largest absolute Gasteiger partial charge is 0.476 e. The minimum absolute atomic E-state index is 0.253. The van der Waals surface area contributed by atoms with E-state index in [1.165, 1.54) is 0 Å². The molecule has 1 N–H and O–H groups in total. The van der Waals surface area contributed by atoms with Crippen LogP contribution in [0.1, 0.15) is 46.6 Å². The summed E-state index contributed by atoms with van der Waals surface area (Å²) in [6, 6.07) is 0.541. The number of piperidine rings is 1. The Labute approximate surface area is 130 Å². The van der Waals surface area contributed by atoms with Crippen LogP contribution in [0.25, 0.3) is 0 Å². The highest BCUT2D eigenvalue weighted by molar-refractivity contribution is 7.11. The van der Waals surface area contributed by atoms with Gasteiger partial charge in [-0.15, -0.1) is 11.3 Å². The van der Waals surface area contributed by atoms with Crippen LogP contribution in [-0.2, 0) is 13.0 Å². The summed E-state index contributed by atoms with van der Waals surface area (Å²) in [5.74, 6) is -0.902. The van der Waals surface area contributed by atoms with E-state index < -0.39 is 5.97 Å². The van der Waals surface area contributed by atoms with Crippen molar-refractivity contribution in [2.45, 2.75) is 45.2 Å². The normalized spacial score (nSPS) is 17.5. The number of carbonyl (C=O) groups is 1. The molecule has 0 aromatic carbocycles. The van der Waals surface area contributed by atoms with E-state index in [4.69, 9.17) is 0 Å². The quantitative estimate of drug-likeness (QED) is 0.874. The van der Waals surface area contributed by atoms with Gasteiger partial charge in [-0.3, -0.25) is 4.90 Å². The summed E-state index contributed by atoms with van der Waals surface area (Å²) in [6.45, 7) is 5.01. The zero-order chi connectivity index (χ0) is 15.4. The average molecular weight is 311 g/mol. The molecule has 21 heavy (non-hydrogen) atoms. The van der Waals surface area contributed by atoms with Crippen molar-refractivity contribution in [3.8, 4) is 0 Å². The van der Waals surface area contributed by atoms with Gasteiger partial charge in [0.05, 0.1) is 9.88 Å². The van der Waals surface area contributed by atoms with Gasteiger partial charge in [0, 0.05) is 12.6 Å². The van der Waals surface area contributed by atoms with Crippen LogP contribution in [0.4, 0.5) is 0 Å². The van der Waals surface area contributed by atoms with Crippen molar-refractivity contribution in [2.75, 3.05) is 27.2 Å². The fourth-order valence-corrected chi connectivity index (χ4v) is 4.01. The van der Waals surface area contributed by atoms with Gasteiger partial charge in [0.25, 0.3) is 0 Å². The van der Waals surface area contributed by atoms with E-state index in [-0.39, 0.29) is 5.69 Å². The van der Waals surface area contributed by atoms with E-state index >= 15 is 0 Å². The second-order valence-corrected chi connectivity index (χ2v) is 7.05. The van der Waals surface area contributed by atoms with Crippen molar-refractivity contribution >= 4 is 17.3 Å². The molecule has 0 amide bonds. The first-order valence-electron chi connectivity index (χ1n) is 7.62. The third-order valence-electron chi connectivity index (χ3n) is 4.11. The van der Waals surface area contributed by atoms with Crippen LogP contribution in [-0.4, -0.2) is 59.1 Å². The van der Waals surface area contributed by atoms with Crippen LogP contribution in [0.2, 0.25) is 0 Å². The monoisotopic (exact) mass is 311 g/mol. The molecule has 5 nitrogen and oxygen atoms in total. The molecule has 1 aliphatic heterocycles. The van der Waals surface area contributed by atoms with Crippen molar-refractivity contribution < 1.29 is 9.90 Å². The topological polar surface area (TPSA) is 56.7 Å². The predicted octanol–water partition coefficient (Wildman–Crippen LogP) is 2.32. The van der Waals surface area contributed by atoms with Crippen LogP contribution in [0.3, 0.4) is 0 Å². The number of carboxylic acid groups (broad SMARTS) is 1.